The minimum atomic E-state index is -0.146. The topological polar surface area (TPSA) is 40.5 Å². The van der Waals surface area contributed by atoms with Gasteiger partial charge in [0.15, 0.2) is 0 Å². The third-order valence-electron chi connectivity index (χ3n) is 9.91. The summed E-state index contributed by atoms with van der Waals surface area (Å²) in [4.78, 5) is 16.2. The van der Waals surface area contributed by atoms with Gasteiger partial charge in [-0.15, -0.1) is 11.6 Å². The first-order valence-corrected chi connectivity index (χ1v) is 12.1. The highest BCUT2D eigenvalue weighted by Crippen LogP contribution is 2.67. The van der Waals surface area contributed by atoms with Gasteiger partial charge in [0, 0.05) is 29.8 Å². The highest BCUT2D eigenvalue weighted by molar-refractivity contribution is 6.18. The SMILES string of the molecule is C[C@]12CC[C@H](O)CC1=CC[C@H]1[C@H]2CC[C@]2(C)C(=O)[C@@]3(CCN(CCCl)C3)C[C@H]12. The number of carbonyl (C=O) groups excluding carboxylic acids is 1. The molecule has 1 aliphatic heterocycles. The average Bonchev–Trinajstić information content (AvgIpc) is 3.17. The van der Waals surface area contributed by atoms with Crippen LogP contribution in [0, 0.1) is 34.0 Å². The molecule has 0 aromatic carbocycles. The van der Waals surface area contributed by atoms with Crippen molar-refractivity contribution in [3.63, 3.8) is 0 Å². The molecule has 28 heavy (non-hydrogen) atoms. The summed E-state index contributed by atoms with van der Waals surface area (Å²) in [6, 6.07) is 0. The van der Waals surface area contributed by atoms with Crippen LogP contribution in [0.15, 0.2) is 11.6 Å². The lowest BCUT2D eigenvalue weighted by Crippen LogP contribution is -2.50. The van der Waals surface area contributed by atoms with Crippen molar-refractivity contribution in [2.45, 2.75) is 71.3 Å². The zero-order valence-corrected chi connectivity index (χ0v) is 18.3. The van der Waals surface area contributed by atoms with Gasteiger partial charge >= 0.3 is 0 Å². The van der Waals surface area contributed by atoms with Crippen molar-refractivity contribution in [2.75, 3.05) is 25.5 Å². The summed E-state index contributed by atoms with van der Waals surface area (Å²) in [6.45, 7) is 7.66. The second kappa shape index (κ2) is 6.56. The first kappa shape index (κ1) is 19.6. The van der Waals surface area contributed by atoms with E-state index in [0.717, 1.165) is 64.6 Å². The van der Waals surface area contributed by atoms with E-state index in [4.69, 9.17) is 11.6 Å². The van der Waals surface area contributed by atoms with Gasteiger partial charge in [-0.1, -0.05) is 25.5 Å². The summed E-state index contributed by atoms with van der Waals surface area (Å²) in [5, 5.41) is 10.2. The Balaban J connectivity index is 1.45. The number of hydrogen-bond acceptors (Lipinski definition) is 3. The Hall–Kier alpha value is -0.380. The number of ketones is 1. The van der Waals surface area contributed by atoms with E-state index in [1.807, 2.05) is 0 Å². The van der Waals surface area contributed by atoms with Crippen LogP contribution in [0.4, 0.5) is 0 Å². The van der Waals surface area contributed by atoms with E-state index in [0.29, 0.717) is 29.4 Å². The van der Waals surface area contributed by atoms with E-state index in [1.54, 1.807) is 0 Å². The van der Waals surface area contributed by atoms with Crippen molar-refractivity contribution in [3.05, 3.63) is 11.6 Å². The van der Waals surface area contributed by atoms with E-state index < -0.39 is 0 Å². The molecule has 0 aromatic rings. The van der Waals surface area contributed by atoms with Crippen molar-refractivity contribution in [1.82, 2.24) is 4.90 Å². The third-order valence-corrected chi connectivity index (χ3v) is 10.1. The van der Waals surface area contributed by atoms with Gasteiger partial charge in [0.1, 0.15) is 5.78 Å². The Morgan fingerprint density at radius 3 is 2.75 bits per heavy atom. The molecule has 4 heteroatoms. The zero-order valence-electron chi connectivity index (χ0n) is 17.6. The molecule has 0 aromatic heterocycles. The summed E-state index contributed by atoms with van der Waals surface area (Å²) in [6.07, 6.45) is 10.8. The molecule has 0 radical (unpaired) electrons. The van der Waals surface area contributed by atoms with Gasteiger partial charge < -0.3 is 10.0 Å². The lowest BCUT2D eigenvalue weighted by molar-refractivity contribution is -0.137. The number of fused-ring (bicyclic) bond motifs is 5. The minimum absolute atomic E-state index is 0.103. The number of aliphatic hydroxyl groups is 1. The Kier molecular flexibility index (Phi) is 4.58. The summed E-state index contributed by atoms with van der Waals surface area (Å²) in [7, 11) is 0. The Bertz CT molecular complexity index is 707. The molecule has 1 saturated heterocycles. The molecule has 1 spiro atoms. The number of halogens is 1. The number of allylic oxidation sites excluding steroid dienone is 1. The lowest BCUT2D eigenvalue weighted by atomic mass is 9.48. The molecule has 5 rings (SSSR count). The number of alkyl halides is 1. The Labute approximate surface area is 174 Å². The summed E-state index contributed by atoms with van der Waals surface area (Å²) in [5.74, 6) is 3.12. The Morgan fingerprint density at radius 1 is 1.18 bits per heavy atom. The molecule has 7 atom stereocenters. The van der Waals surface area contributed by atoms with Gasteiger partial charge in [-0.2, -0.15) is 0 Å². The minimum Gasteiger partial charge on any atom is -0.393 e. The Morgan fingerprint density at radius 2 is 1.96 bits per heavy atom. The van der Waals surface area contributed by atoms with Crippen LogP contribution < -0.4 is 0 Å². The van der Waals surface area contributed by atoms with E-state index in [2.05, 4.69) is 24.8 Å². The van der Waals surface area contributed by atoms with E-state index in [1.165, 1.54) is 12.0 Å². The second-order valence-electron chi connectivity index (χ2n) is 11.1. The fourth-order valence-corrected chi connectivity index (χ4v) is 8.60. The van der Waals surface area contributed by atoms with Gasteiger partial charge in [0.05, 0.1) is 6.10 Å². The normalized spacial score (nSPS) is 51.0. The maximum absolute atomic E-state index is 13.8. The standard InChI is InChI=1S/C24H36ClNO2/c1-22-7-5-17(27)13-16(22)3-4-18-19(22)6-8-23(2)20(18)14-24(21(23)28)9-11-26(15-24)12-10-25/h3,17-20,27H,4-15H2,1-2H3/t17-,18-,19+,20+,22-,23-,24-/m0/s1. The first-order chi connectivity index (χ1) is 13.3. The highest BCUT2D eigenvalue weighted by atomic mass is 35.5. The van der Waals surface area contributed by atoms with Gasteiger partial charge in [-0.05, 0) is 81.1 Å². The van der Waals surface area contributed by atoms with Crippen molar-refractivity contribution < 1.29 is 9.90 Å². The van der Waals surface area contributed by atoms with Crippen LogP contribution in [0.25, 0.3) is 0 Å². The summed E-state index contributed by atoms with van der Waals surface area (Å²) < 4.78 is 0. The van der Waals surface area contributed by atoms with E-state index >= 15 is 0 Å². The molecule has 5 aliphatic rings. The summed E-state index contributed by atoms with van der Waals surface area (Å²) >= 11 is 5.99. The van der Waals surface area contributed by atoms with Crippen LogP contribution in [0.1, 0.15) is 65.2 Å². The average molecular weight is 406 g/mol. The van der Waals surface area contributed by atoms with E-state index in [-0.39, 0.29) is 22.3 Å². The maximum Gasteiger partial charge on any atom is 0.146 e. The molecule has 0 amide bonds. The summed E-state index contributed by atoms with van der Waals surface area (Å²) in [5.41, 5.74) is 1.55. The molecule has 3 saturated carbocycles. The van der Waals surface area contributed by atoms with Crippen LogP contribution in [-0.2, 0) is 4.79 Å². The quantitative estimate of drug-likeness (QED) is 0.546. The smallest absolute Gasteiger partial charge is 0.146 e. The molecule has 4 fully saturated rings. The number of carbonyl (C=O) groups is 1. The first-order valence-electron chi connectivity index (χ1n) is 11.5. The number of aliphatic hydroxyl groups excluding tert-OH is 1. The van der Waals surface area contributed by atoms with Gasteiger partial charge in [0.25, 0.3) is 0 Å². The van der Waals surface area contributed by atoms with Gasteiger partial charge in [-0.25, -0.2) is 0 Å². The van der Waals surface area contributed by atoms with Crippen molar-refractivity contribution in [1.29, 1.82) is 0 Å². The fraction of sp³-hybridized carbons (Fsp3) is 0.875. The monoisotopic (exact) mass is 405 g/mol. The zero-order chi connectivity index (χ0) is 19.7. The maximum atomic E-state index is 13.8. The molecule has 4 aliphatic carbocycles. The van der Waals surface area contributed by atoms with Crippen molar-refractivity contribution in [2.24, 2.45) is 34.0 Å². The van der Waals surface area contributed by atoms with Gasteiger partial charge in [-0.3, -0.25) is 4.79 Å². The van der Waals surface area contributed by atoms with Crippen molar-refractivity contribution >= 4 is 17.4 Å². The molecule has 0 bridgehead atoms. The predicted molar refractivity (Wildman–Crippen MR) is 112 cm³/mol. The van der Waals surface area contributed by atoms with Crippen LogP contribution in [-0.4, -0.2) is 47.4 Å². The third kappa shape index (κ3) is 2.58. The molecule has 1 heterocycles. The molecule has 1 N–H and O–H groups in total. The van der Waals surface area contributed by atoms with Crippen LogP contribution in [0.3, 0.4) is 0 Å². The largest absolute Gasteiger partial charge is 0.393 e. The second-order valence-corrected chi connectivity index (χ2v) is 11.5. The number of rotatable bonds is 2. The number of Topliss-reactive ketones (excluding diaryl/α,β-unsaturated/α-hetero) is 1. The molecule has 3 nitrogen and oxygen atoms in total. The number of likely N-dealkylation sites (tertiary alicyclic amines) is 1. The lowest BCUT2D eigenvalue weighted by Gasteiger charge is -2.56. The highest BCUT2D eigenvalue weighted by Gasteiger charge is 2.66. The van der Waals surface area contributed by atoms with Crippen LogP contribution in [0.5, 0.6) is 0 Å². The van der Waals surface area contributed by atoms with Gasteiger partial charge in [0.2, 0.25) is 0 Å². The number of nitrogens with zero attached hydrogens (tertiary/aromatic N) is 1. The molecular formula is C24H36ClNO2. The molecule has 0 unspecified atom stereocenters. The number of hydrogen-bond donors (Lipinski definition) is 1. The van der Waals surface area contributed by atoms with Crippen LogP contribution >= 0.6 is 11.6 Å². The fourth-order valence-electron chi connectivity index (χ4n) is 8.36. The molecular weight excluding hydrogens is 370 g/mol. The van der Waals surface area contributed by atoms with Crippen LogP contribution in [0.2, 0.25) is 0 Å². The molecule has 156 valence electrons. The van der Waals surface area contributed by atoms with E-state index in [9.17, 15) is 9.90 Å². The van der Waals surface area contributed by atoms with Crippen molar-refractivity contribution in [3.8, 4) is 0 Å². The predicted octanol–water partition coefficient (Wildman–Crippen LogP) is 4.42.